The Bertz CT molecular complexity index is 401. The fraction of sp³-hybridized carbons (Fsp3) is 0.786. The molecule has 0 N–H and O–H groups in total. The standard InChI is InChI=1S/C14H24BNO3/c1-10-9-12(7-8-16(10)11(2)17)15-18-13(3,4)14(5,6)19-15/h7,10H,8-9H2,1-6H3. The first-order valence-corrected chi connectivity index (χ1v) is 6.96. The molecular weight excluding hydrogens is 241 g/mol. The van der Waals surface area contributed by atoms with Crippen LogP contribution in [0.1, 0.15) is 48.0 Å². The minimum atomic E-state index is -0.306. The molecule has 1 amide bonds. The number of carbonyl (C=O) groups excluding carboxylic acids is 1. The van der Waals surface area contributed by atoms with Gasteiger partial charge in [-0.2, -0.15) is 0 Å². The van der Waals surface area contributed by atoms with Crippen molar-refractivity contribution in [1.29, 1.82) is 0 Å². The maximum absolute atomic E-state index is 11.5. The number of carbonyl (C=O) groups is 1. The summed E-state index contributed by atoms with van der Waals surface area (Å²) in [7, 11) is -0.276. The number of amides is 1. The normalized spacial score (nSPS) is 29.4. The van der Waals surface area contributed by atoms with Gasteiger partial charge in [-0.25, -0.2) is 0 Å². The molecule has 1 unspecified atom stereocenters. The monoisotopic (exact) mass is 265 g/mol. The van der Waals surface area contributed by atoms with E-state index in [9.17, 15) is 4.79 Å². The van der Waals surface area contributed by atoms with E-state index in [1.54, 1.807) is 6.92 Å². The highest BCUT2D eigenvalue weighted by molar-refractivity contribution is 6.54. The zero-order valence-electron chi connectivity index (χ0n) is 12.8. The van der Waals surface area contributed by atoms with Gasteiger partial charge in [0.05, 0.1) is 11.2 Å². The van der Waals surface area contributed by atoms with Crippen LogP contribution >= 0.6 is 0 Å². The lowest BCUT2D eigenvalue weighted by molar-refractivity contribution is -0.130. The summed E-state index contributed by atoms with van der Waals surface area (Å²) in [6.45, 7) is 12.6. The van der Waals surface area contributed by atoms with Gasteiger partial charge in [0.25, 0.3) is 0 Å². The highest BCUT2D eigenvalue weighted by Crippen LogP contribution is 2.39. The molecule has 0 aromatic heterocycles. The lowest BCUT2D eigenvalue weighted by Gasteiger charge is -2.32. The number of rotatable bonds is 1. The fourth-order valence-corrected chi connectivity index (χ4v) is 2.56. The van der Waals surface area contributed by atoms with Gasteiger partial charge in [-0.15, -0.1) is 0 Å². The van der Waals surface area contributed by atoms with Crippen LogP contribution in [0.25, 0.3) is 0 Å². The molecule has 2 heterocycles. The van der Waals surface area contributed by atoms with Crippen LogP contribution < -0.4 is 0 Å². The first kappa shape index (κ1) is 14.6. The first-order chi connectivity index (χ1) is 8.64. The Balaban J connectivity index is 2.12. The molecule has 106 valence electrons. The molecule has 0 bridgehead atoms. The molecule has 1 fully saturated rings. The van der Waals surface area contributed by atoms with Crippen molar-refractivity contribution in [2.24, 2.45) is 0 Å². The summed E-state index contributed by atoms with van der Waals surface area (Å²) in [5.41, 5.74) is 0.544. The van der Waals surface area contributed by atoms with Gasteiger partial charge in [0.1, 0.15) is 0 Å². The molecule has 5 heteroatoms. The maximum atomic E-state index is 11.5. The third-order valence-electron chi connectivity index (χ3n) is 4.57. The zero-order chi connectivity index (χ0) is 14.4. The van der Waals surface area contributed by atoms with Crippen molar-refractivity contribution in [2.75, 3.05) is 6.54 Å². The van der Waals surface area contributed by atoms with E-state index in [2.05, 4.69) is 40.7 Å². The molecule has 1 saturated heterocycles. The lowest BCUT2D eigenvalue weighted by atomic mass is 9.73. The summed E-state index contributed by atoms with van der Waals surface area (Å²) in [5.74, 6) is 0.122. The second-order valence-corrected chi connectivity index (χ2v) is 6.59. The van der Waals surface area contributed by atoms with E-state index in [1.165, 1.54) is 0 Å². The second-order valence-electron chi connectivity index (χ2n) is 6.59. The topological polar surface area (TPSA) is 38.8 Å². The molecule has 19 heavy (non-hydrogen) atoms. The van der Waals surface area contributed by atoms with Crippen LogP contribution in [0.2, 0.25) is 0 Å². The molecule has 0 spiro atoms. The van der Waals surface area contributed by atoms with Crippen LogP contribution in [0.5, 0.6) is 0 Å². The molecule has 2 rings (SSSR count). The maximum Gasteiger partial charge on any atom is 0.490 e. The molecule has 0 aliphatic carbocycles. The van der Waals surface area contributed by atoms with Crippen LogP contribution in [-0.4, -0.2) is 41.7 Å². The van der Waals surface area contributed by atoms with E-state index in [0.717, 1.165) is 11.9 Å². The molecular formula is C14H24BNO3. The van der Waals surface area contributed by atoms with Crippen LogP contribution in [0.4, 0.5) is 0 Å². The van der Waals surface area contributed by atoms with Crippen molar-refractivity contribution in [2.45, 2.75) is 65.2 Å². The zero-order valence-corrected chi connectivity index (χ0v) is 12.8. The number of hydrogen-bond acceptors (Lipinski definition) is 3. The summed E-state index contributed by atoms with van der Waals surface area (Å²) in [5, 5.41) is 0. The van der Waals surface area contributed by atoms with Crippen molar-refractivity contribution in [3.05, 3.63) is 11.5 Å². The fourth-order valence-electron chi connectivity index (χ4n) is 2.56. The summed E-state index contributed by atoms with van der Waals surface area (Å²) in [6.07, 6.45) is 2.89. The van der Waals surface area contributed by atoms with Gasteiger partial charge in [0.2, 0.25) is 5.91 Å². The highest BCUT2D eigenvalue weighted by Gasteiger charge is 2.52. The van der Waals surface area contributed by atoms with Gasteiger partial charge >= 0.3 is 7.12 Å². The summed E-state index contributed by atoms with van der Waals surface area (Å²) < 4.78 is 12.1. The summed E-state index contributed by atoms with van der Waals surface area (Å²) >= 11 is 0. The van der Waals surface area contributed by atoms with Gasteiger partial charge in [-0.05, 0) is 46.5 Å². The van der Waals surface area contributed by atoms with E-state index in [4.69, 9.17) is 9.31 Å². The largest absolute Gasteiger partial charge is 0.490 e. The van der Waals surface area contributed by atoms with Crippen molar-refractivity contribution in [1.82, 2.24) is 4.90 Å². The van der Waals surface area contributed by atoms with Crippen LogP contribution in [0.3, 0.4) is 0 Å². The predicted molar refractivity (Wildman–Crippen MR) is 75.6 cm³/mol. The van der Waals surface area contributed by atoms with Crippen molar-refractivity contribution < 1.29 is 14.1 Å². The molecule has 1 atom stereocenters. The van der Waals surface area contributed by atoms with Gasteiger partial charge in [-0.1, -0.05) is 6.08 Å². The minimum Gasteiger partial charge on any atom is -0.400 e. The van der Waals surface area contributed by atoms with E-state index < -0.39 is 0 Å². The Morgan fingerprint density at radius 1 is 1.32 bits per heavy atom. The Hall–Kier alpha value is -0.805. The van der Waals surface area contributed by atoms with E-state index in [1.807, 2.05) is 4.90 Å². The average molecular weight is 265 g/mol. The smallest absolute Gasteiger partial charge is 0.400 e. The molecule has 4 nitrogen and oxygen atoms in total. The van der Waals surface area contributed by atoms with Crippen molar-refractivity contribution >= 4 is 13.0 Å². The van der Waals surface area contributed by atoms with Crippen LogP contribution in [0.15, 0.2) is 11.5 Å². The quantitative estimate of drug-likeness (QED) is 0.682. The van der Waals surface area contributed by atoms with Gasteiger partial charge in [0.15, 0.2) is 0 Å². The summed E-state index contributed by atoms with van der Waals surface area (Å²) in [6, 6.07) is 0.205. The Morgan fingerprint density at radius 3 is 2.26 bits per heavy atom. The molecule has 2 aliphatic heterocycles. The first-order valence-electron chi connectivity index (χ1n) is 6.96. The second kappa shape index (κ2) is 4.63. The molecule has 0 aromatic carbocycles. The van der Waals surface area contributed by atoms with Gasteiger partial charge in [0, 0.05) is 19.5 Å². The van der Waals surface area contributed by atoms with Gasteiger partial charge < -0.3 is 14.2 Å². The average Bonchev–Trinajstić information content (AvgIpc) is 2.47. The Kier molecular flexibility index (Phi) is 3.56. The van der Waals surface area contributed by atoms with E-state index >= 15 is 0 Å². The van der Waals surface area contributed by atoms with Crippen LogP contribution in [0, 0.1) is 0 Å². The Morgan fingerprint density at radius 2 is 1.84 bits per heavy atom. The van der Waals surface area contributed by atoms with E-state index in [-0.39, 0.29) is 30.3 Å². The SMILES string of the molecule is CC(=O)N1CC=C(B2OC(C)(C)C(C)(C)O2)CC1C. The lowest BCUT2D eigenvalue weighted by Crippen LogP contribution is -2.42. The third-order valence-corrected chi connectivity index (χ3v) is 4.57. The molecule has 2 aliphatic rings. The number of hydrogen-bond donors (Lipinski definition) is 0. The molecule has 0 saturated carbocycles. The van der Waals surface area contributed by atoms with E-state index in [0.29, 0.717) is 6.54 Å². The van der Waals surface area contributed by atoms with Crippen molar-refractivity contribution in [3.63, 3.8) is 0 Å². The highest BCUT2D eigenvalue weighted by atomic mass is 16.7. The van der Waals surface area contributed by atoms with Crippen LogP contribution in [-0.2, 0) is 14.1 Å². The predicted octanol–water partition coefficient (Wildman–Crippen LogP) is 2.18. The van der Waals surface area contributed by atoms with Gasteiger partial charge in [-0.3, -0.25) is 4.79 Å². The summed E-state index contributed by atoms with van der Waals surface area (Å²) in [4.78, 5) is 13.3. The Labute approximate surface area is 116 Å². The molecule has 0 radical (unpaired) electrons. The third kappa shape index (κ3) is 2.58. The minimum absolute atomic E-state index is 0.122. The number of nitrogens with zero attached hydrogens (tertiary/aromatic N) is 1. The van der Waals surface area contributed by atoms with Crippen molar-refractivity contribution in [3.8, 4) is 0 Å². The molecule has 0 aromatic rings.